The molecule has 0 saturated carbocycles. The van der Waals surface area contributed by atoms with E-state index in [0.29, 0.717) is 0 Å². The van der Waals surface area contributed by atoms with Gasteiger partial charge in [-0.15, -0.1) is 0 Å². The summed E-state index contributed by atoms with van der Waals surface area (Å²) in [7, 11) is 0. The third kappa shape index (κ3) is 0.829. The van der Waals surface area contributed by atoms with Gasteiger partial charge in [0.25, 0.3) is 0 Å². The topological polar surface area (TPSA) is 16.6 Å². The van der Waals surface area contributed by atoms with Crippen molar-refractivity contribution in [3.63, 3.8) is 0 Å². The highest BCUT2D eigenvalue weighted by Crippen LogP contribution is 2.05. The van der Waals surface area contributed by atoms with Crippen molar-refractivity contribution >= 4 is 0 Å². The molecule has 0 aromatic heterocycles. The summed E-state index contributed by atoms with van der Waals surface area (Å²) in [6, 6.07) is 0. The number of hydrogen-bond acceptors (Lipinski definition) is 0. The fourth-order valence-corrected chi connectivity index (χ4v) is 0.887. The Morgan fingerprint density at radius 2 is 2.57 bits per heavy atom. The SMILES string of the molecule is C=C1C[NH2+]CC1C. The van der Waals surface area contributed by atoms with Crippen molar-refractivity contribution < 1.29 is 5.32 Å². The first kappa shape index (κ1) is 4.85. The molecule has 1 aliphatic heterocycles. The Morgan fingerprint density at radius 3 is 2.71 bits per heavy atom. The summed E-state index contributed by atoms with van der Waals surface area (Å²) in [6.07, 6.45) is 0. The van der Waals surface area contributed by atoms with Gasteiger partial charge >= 0.3 is 0 Å². The lowest BCUT2D eigenvalue weighted by atomic mass is 10.1. The predicted octanol–water partition coefficient (Wildman–Crippen LogP) is -0.244. The Morgan fingerprint density at radius 1 is 1.86 bits per heavy atom. The van der Waals surface area contributed by atoms with Gasteiger partial charge < -0.3 is 5.32 Å². The van der Waals surface area contributed by atoms with E-state index in [0.717, 1.165) is 12.5 Å². The van der Waals surface area contributed by atoms with Crippen LogP contribution in [0.15, 0.2) is 12.2 Å². The van der Waals surface area contributed by atoms with Crippen molar-refractivity contribution in [2.45, 2.75) is 6.92 Å². The van der Waals surface area contributed by atoms with E-state index in [-0.39, 0.29) is 0 Å². The van der Waals surface area contributed by atoms with Crippen LogP contribution in [-0.4, -0.2) is 13.1 Å². The second-order valence-electron chi connectivity index (χ2n) is 2.29. The van der Waals surface area contributed by atoms with Crippen molar-refractivity contribution in [2.75, 3.05) is 13.1 Å². The van der Waals surface area contributed by atoms with Crippen LogP contribution in [0.4, 0.5) is 0 Å². The molecule has 1 unspecified atom stereocenters. The molecule has 0 spiro atoms. The summed E-state index contributed by atoms with van der Waals surface area (Å²) < 4.78 is 0. The zero-order chi connectivity index (χ0) is 5.28. The minimum absolute atomic E-state index is 0.764. The number of hydrogen-bond donors (Lipinski definition) is 1. The Labute approximate surface area is 44.4 Å². The molecule has 2 N–H and O–H groups in total. The standard InChI is InChI=1S/C6H11N/c1-5-3-7-4-6(5)2/h6-7H,1,3-4H2,2H3/p+1. The first-order valence-corrected chi connectivity index (χ1v) is 2.80. The maximum absolute atomic E-state index is 3.90. The highest BCUT2D eigenvalue weighted by Gasteiger charge is 2.15. The summed E-state index contributed by atoms with van der Waals surface area (Å²) in [5.74, 6) is 0.764. The lowest BCUT2D eigenvalue weighted by Gasteiger charge is -1.91. The third-order valence-electron chi connectivity index (χ3n) is 1.62. The van der Waals surface area contributed by atoms with E-state index in [9.17, 15) is 0 Å². The molecule has 0 aromatic rings. The van der Waals surface area contributed by atoms with Crippen molar-refractivity contribution in [3.8, 4) is 0 Å². The second kappa shape index (κ2) is 1.66. The molecule has 1 fully saturated rings. The van der Waals surface area contributed by atoms with E-state index >= 15 is 0 Å². The molecule has 1 nitrogen and oxygen atoms in total. The van der Waals surface area contributed by atoms with Gasteiger partial charge in [0.2, 0.25) is 0 Å². The molecule has 1 atom stereocenters. The van der Waals surface area contributed by atoms with Crippen LogP contribution in [0.1, 0.15) is 6.92 Å². The molecular weight excluding hydrogens is 86.1 g/mol. The monoisotopic (exact) mass is 98.1 g/mol. The van der Waals surface area contributed by atoms with E-state index in [4.69, 9.17) is 0 Å². The predicted molar refractivity (Wildman–Crippen MR) is 30.0 cm³/mol. The number of quaternary nitrogens is 1. The van der Waals surface area contributed by atoms with Gasteiger partial charge in [0, 0.05) is 5.92 Å². The number of rotatable bonds is 0. The first-order chi connectivity index (χ1) is 3.30. The van der Waals surface area contributed by atoms with Gasteiger partial charge in [-0.25, -0.2) is 0 Å². The van der Waals surface area contributed by atoms with Crippen molar-refractivity contribution in [1.82, 2.24) is 0 Å². The van der Waals surface area contributed by atoms with Crippen LogP contribution < -0.4 is 5.32 Å². The molecular formula is C6H12N+. The molecule has 1 saturated heterocycles. The van der Waals surface area contributed by atoms with Gasteiger partial charge in [-0.05, 0) is 5.57 Å². The van der Waals surface area contributed by atoms with E-state index in [1.54, 1.807) is 0 Å². The molecule has 40 valence electrons. The van der Waals surface area contributed by atoms with Crippen LogP contribution in [-0.2, 0) is 0 Å². The molecule has 0 bridgehead atoms. The van der Waals surface area contributed by atoms with E-state index < -0.39 is 0 Å². The largest absolute Gasteiger partial charge is 0.342 e. The van der Waals surface area contributed by atoms with Gasteiger partial charge in [-0.2, -0.15) is 0 Å². The highest BCUT2D eigenvalue weighted by molar-refractivity contribution is 5.00. The fourth-order valence-electron chi connectivity index (χ4n) is 0.887. The zero-order valence-electron chi connectivity index (χ0n) is 4.78. The Bertz CT molecular complexity index is 86.2. The van der Waals surface area contributed by atoms with Crippen LogP contribution in [0.2, 0.25) is 0 Å². The summed E-state index contributed by atoms with van der Waals surface area (Å²) in [4.78, 5) is 0. The zero-order valence-corrected chi connectivity index (χ0v) is 4.78. The quantitative estimate of drug-likeness (QED) is 0.402. The van der Waals surface area contributed by atoms with Gasteiger partial charge in [0.15, 0.2) is 0 Å². The lowest BCUT2D eigenvalue weighted by Crippen LogP contribution is -2.81. The summed E-state index contributed by atoms with van der Waals surface area (Å²) in [6.45, 7) is 8.53. The Hall–Kier alpha value is -0.300. The van der Waals surface area contributed by atoms with Gasteiger partial charge in [-0.1, -0.05) is 13.5 Å². The van der Waals surface area contributed by atoms with Gasteiger partial charge in [0.05, 0.1) is 13.1 Å². The van der Waals surface area contributed by atoms with Crippen LogP contribution in [0.3, 0.4) is 0 Å². The van der Waals surface area contributed by atoms with E-state index in [1.165, 1.54) is 12.1 Å². The smallest absolute Gasteiger partial charge is 0.0974 e. The van der Waals surface area contributed by atoms with Crippen molar-refractivity contribution in [2.24, 2.45) is 5.92 Å². The Kier molecular flexibility index (Phi) is 1.15. The molecule has 0 amide bonds. The van der Waals surface area contributed by atoms with Gasteiger partial charge in [-0.3, -0.25) is 0 Å². The van der Waals surface area contributed by atoms with Gasteiger partial charge in [0.1, 0.15) is 0 Å². The number of nitrogens with two attached hydrogens (primary N) is 1. The minimum Gasteiger partial charge on any atom is -0.342 e. The lowest BCUT2D eigenvalue weighted by molar-refractivity contribution is -0.635. The third-order valence-corrected chi connectivity index (χ3v) is 1.62. The van der Waals surface area contributed by atoms with Crippen LogP contribution >= 0.6 is 0 Å². The molecule has 0 aliphatic carbocycles. The fraction of sp³-hybridized carbons (Fsp3) is 0.667. The molecule has 0 radical (unpaired) electrons. The normalized spacial score (nSPS) is 31.6. The molecule has 1 rings (SSSR count). The Balaban J connectivity index is 2.48. The van der Waals surface area contributed by atoms with Crippen LogP contribution in [0.5, 0.6) is 0 Å². The highest BCUT2D eigenvalue weighted by atomic mass is 14.9. The molecule has 1 aliphatic rings. The maximum atomic E-state index is 3.90. The van der Waals surface area contributed by atoms with Crippen molar-refractivity contribution in [3.05, 3.63) is 12.2 Å². The minimum atomic E-state index is 0.764. The molecule has 7 heavy (non-hydrogen) atoms. The maximum Gasteiger partial charge on any atom is 0.0974 e. The molecule has 1 heteroatoms. The average molecular weight is 98.2 g/mol. The second-order valence-corrected chi connectivity index (χ2v) is 2.29. The van der Waals surface area contributed by atoms with Crippen LogP contribution in [0.25, 0.3) is 0 Å². The molecule has 1 heterocycles. The van der Waals surface area contributed by atoms with E-state index in [2.05, 4.69) is 18.8 Å². The molecule has 0 aromatic carbocycles. The van der Waals surface area contributed by atoms with Crippen LogP contribution in [0, 0.1) is 5.92 Å². The summed E-state index contributed by atoms with van der Waals surface area (Å²) in [5, 5.41) is 2.30. The van der Waals surface area contributed by atoms with Crippen molar-refractivity contribution in [1.29, 1.82) is 0 Å². The average Bonchev–Trinajstić information content (AvgIpc) is 1.91. The summed E-state index contributed by atoms with van der Waals surface area (Å²) in [5.41, 5.74) is 1.40. The summed E-state index contributed by atoms with van der Waals surface area (Å²) >= 11 is 0. The first-order valence-electron chi connectivity index (χ1n) is 2.80. The van der Waals surface area contributed by atoms with E-state index in [1.807, 2.05) is 0 Å².